The third kappa shape index (κ3) is 6.18. The van der Waals surface area contributed by atoms with E-state index in [1.807, 2.05) is 0 Å². The van der Waals surface area contributed by atoms with E-state index in [-0.39, 0.29) is 22.3 Å². The molecule has 0 saturated carbocycles. The number of alkyl halides is 3. The number of carbonyl (C=O) groups excluding carboxylic acids is 2. The van der Waals surface area contributed by atoms with Gasteiger partial charge in [-0.25, -0.2) is 4.39 Å². The highest BCUT2D eigenvalue weighted by Gasteiger charge is 2.34. The lowest BCUT2D eigenvalue weighted by molar-refractivity contribution is -0.140. The van der Waals surface area contributed by atoms with Gasteiger partial charge in [0.15, 0.2) is 0 Å². The number of carbonyl (C=O) groups is 2. The van der Waals surface area contributed by atoms with Gasteiger partial charge in [-0.3, -0.25) is 9.59 Å². The molecule has 0 atom stereocenters. The molecule has 136 valence electrons. The van der Waals surface area contributed by atoms with Crippen LogP contribution in [0, 0.1) is 11.2 Å². The molecule has 6 nitrogen and oxygen atoms in total. The Balaban J connectivity index is 2.61. The summed E-state index contributed by atoms with van der Waals surface area (Å²) in [6.45, 7) is -0.746. The monoisotopic (exact) mass is 424 g/mol. The van der Waals surface area contributed by atoms with Crippen LogP contribution in [0.3, 0.4) is 0 Å². The van der Waals surface area contributed by atoms with E-state index in [0.29, 0.717) is 12.1 Å². The number of hydrogen-bond acceptors (Lipinski definition) is 4. The number of hydrogen-bond donors (Lipinski definition) is 4. The van der Waals surface area contributed by atoms with E-state index in [1.165, 1.54) is 0 Å². The smallest absolute Gasteiger partial charge is 0.396 e. The van der Waals surface area contributed by atoms with Crippen LogP contribution in [0.15, 0.2) is 28.4 Å². The van der Waals surface area contributed by atoms with E-state index < -0.39 is 35.9 Å². The quantitative estimate of drug-likeness (QED) is 0.317. The Hall–Kier alpha value is -2.43. The minimum atomic E-state index is -4.84. The van der Waals surface area contributed by atoms with Crippen molar-refractivity contribution >= 4 is 34.0 Å². The molecule has 1 rings (SSSR count). The highest BCUT2D eigenvalue weighted by atomic mass is 79.9. The number of halogens is 5. The summed E-state index contributed by atoms with van der Waals surface area (Å²) in [4.78, 5) is 23.2. The second kappa shape index (κ2) is 8.60. The molecular weight excluding hydrogens is 412 g/mol. The first-order chi connectivity index (χ1) is 11.6. The molecule has 0 saturated heterocycles. The first-order valence-corrected chi connectivity index (χ1v) is 7.41. The Morgan fingerprint density at radius 3 is 2.48 bits per heavy atom. The maximum Gasteiger partial charge on any atom is 0.419 e. The predicted octanol–water partition coefficient (Wildman–Crippen LogP) is 1.79. The van der Waals surface area contributed by atoms with Crippen molar-refractivity contribution in [2.75, 3.05) is 6.54 Å². The van der Waals surface area contributed by atoms with Crippen LogP contribution < -0.4 is 16.4 Å². The number of amides is 2. The van der Waals surface area contributed by atoms with Gasteiger partial charge in [-0.15, -0.1) is 0 Å². The molecule has 0 radical (unpaired) electrons. The molecule has 1 aromatic carbocycles. The maximum absolute atomic E-state index is 13.2. The van der Waals surface area contributed by atoms with Crippen molar-refractivity contribution in [3.8, 4) is 0 Å². The Labute approximate surface area is 148 Å². The summed E-state index contributed by atoms with van der Waals surface area (Å²) < 4.78 is 50.8. The lowest BCUT2D eigenvalue weighted by Gasteiger charge is -2.11. The fraction of sp³-hybridized carbons (Fsp3) is 0.214. The number of benzene rings is 1. The lowest BCUT2D eigenvalue weighted by Crippen LogP contribution is -2.37. The van der Waals surface area contributed by atoms with E-state index in [4.69, 9.17) is 11.1 Å². The van der Waals surface area contributed by atoms with Crippen molar-refractivity contribution < 1.29 is 27.2 Å². The van der Waals surface area contributed by atoms with Gasteiger partial charge in [-0.05, 0) is 33.6 Å². The number of nitrogens with two attached hydrogens (primary N) is 1. The van der Waals surface area contributed by atoms with E-state index >= 15 is 0 Å². The Bertz CT molecular complexity index is 719. The average Bonchev–Trinajstić information content (AvgIpc) is 2.56. The number of rotatable bonds is 6. The zero-order valence-electron chi connectivity index (χ0n) is 12.5. The third-order valence-corrected chi connectivity index (χ3v) is 3.66. The van der Waals surface area contributed by atoms with Crippen LogP contribution in [0.2, 0.25) is 0 Å². The van der Waals surface area contributed by atoms with Crippen molar-refractivity contribution in [1.82, 2.24) is 10.6 Å². The van der Waals surface area contributed by atoms with Crippen LogP contribution in [0.25, 0.3) is 0 Å². The molecule has 25 heavy (non-hydrogen) atoms. The van der Waals surface area contributed by atoms with Crippen molar-refractivity contribution in [3.05, 3.63) is 45.3 Å². The zero-order valence-corrected chi connectivity index (χ0v) is 14.1. The summed E-state index contributed by atoms with van der Waals surface area (Å²) in [5.74, 6) is -2.83. The Kier molecular flexibility index (Phi) is 7.09. The molecule has 11 heteroatoms. The Morgan fingerprint density at radius 1 is 1.28 bits per heavy atom. The van der Waals surface area contributed by atoms with E-state index in [1.54, 1.807) is 0 Å². The summed E-state index contributed by atoms with van der Waals surface area (Å²) in [7, 11) is 0. The van der Waals surface area contributed by atoms with Gasteiger partial charge in [0, 0.05) is 12.8 Å². The second-order valence-corrected chi connectivity index (χ2v) is 5.48. The standard InChI is InChI=1S/C14H13BrF4N4O2/c15-12(10(21)4-20)13(25)23-6-11(24)22-5-7-1-2-9(16)8(3-7)14(17,18)19/h1-4,20H,5-6,21H2,(H,22,24)(H,23,25)/b12-10-,20-4?. The molecule has 1 aromatic rings. The normalized spacial score (nSPS) is 12.2. The minimum absolute atomic E-state index is 0.0440. The van der Waals surface area contributed by atoms with Gasteiger partial charge in [0.2, 0.25) is 5.91 Å². The van der Waals surface area contributed by atoms with Crippen molar-refractivity contribution in [3.63, 3.8) is 0 Å². The van der Waals surface area contributed by atoms with Gasteiger partial charge in [0.25, 0.3) is 5.91 Å². The van der Waals surface area contributed by atoms with Gasteiger partial charge in [0.05, 0.1) is 17.8 Å². The van der Waals surface area contributed by atoms with Crippen LogP contribution in [-0.4, -0.2) is 24.6 Å². The van der Waals surface area contributed by atoms with Crippen molar-refractivity contribution in [2.45, 2.75) is 12.7 Å². The molecule has 0 unspecified atom stereocenters. The van der Waals surface area contributed by atoms with Crippen molar-refractivity contribution in [1.29, 1.82) is 5.41 Å². The van der Waals surface area contributed by atoms with Crippen LogP contribution in [0.5, 0.6) is 0 Å². The zero-order chi connectivity index (χ0) is 19.2. The summed E-state index contributed by atoms with van der Waals surface area (Å²) in [5.41, 5.74) is 3.79. The fourth-order valence-corrected chi connectivity index (χ4v) is 1.85. The van der Waals surface area contributed by atoms with Crippen LogP contribution in [-0.2, 0) is 22.3 Å². The lowest BCUT2D eigenvalue weighted by atomic mass is 10.1. The number of allylic oxidation sites excluding steroid dienone is 1. The minimum Gasteiger partial charge on any atom is -0.396 e. The largest absolute Gasteiger partial charge is 0.419 e. The van der Waals surface area contributed by atoms with Crippen LogP contribution >= 0.6 is 15.9 Å². The molecule has 0 heterocycles. The van der Waals surface area contributed by atoms with Crippen LogP contribution in [0.1, 0.15) is 11.1 Å². The maximum atomic E-state index is 13.2. The first-order valence-electron chi connectivity index (χ1n) is 6.62. The summed E-state index contributed by atoms with van der Waals surface area (Å²) >= 11 is 2.85. The van der Waals surface area contributed by atoms with Crippen LogP contribution in [0.4, 0.5) is 17.6 Å². The molecule has 0 aromatic heterocycles. The molecule has 0 aliphatic rings. The SMILES string of the molecule is N=C/C(N)=C(/Br)C(=O)NCC(=O)NCc1ccc(F)c(C(F)(F)F)c1. The van der Waals surface area contributed by atoms with Gasteiger partial charge >= 0.3 is 6.18 Å². The molecule has 0 bridgehead atoms. The molecule has 0 aliphatic heterocycles. The van der Waals surface area contributed by atoms with E-state index in [0.717, 1.165) is 12.3 Å². The third-order valence-electron chi connectivity index (χ3n) is 2.84. The predicted molar refractivity (Wildman–Crippen MR) is 85.2 cm³/mol. The van der Waals surface area contributed by atoms with Crippen molar-refractivity contribution in [2.24, 2.45) is 5.73 Å². The van der Waals surface area contributed by atoms with Gasteiger partial charge in [-0.2, -0.15) is 13.2 Å². The number of nitrogens with one attached hydrogen (secondary N) is 3. The Morgan fingerprint density at radius 2 is 1.92 bits per heavy atom. The summed E-state index contributed by atoms with van der Waals surface area (Å²) in [5, 5.41) is 11.4. The highest BCUT2D eigenvalue weighted by Crippen LogP contribution is 2.31. The van der Waals surface area contributed by atoms with E-state index in [9.17, 15) is 27.2 Å². The second-order valence-electron chi connectivity index (χ2n) is 4.69. The van der Waals surface area contributed by atoms with Gasteiger partial charge in [0.1, 0.15) is 10.3 Å². The topological polar surface area (TPSA) is 108 Å². The summed E-state index contributed by atoms with van der Waals surface area (Å²) in [6, 6.07) is 2.36. The molecular formula is C14H13BrF4N4O2. The molecule has 0 fully saturated rings. The first kappa shape index (κ1) is 20.6. The van der Waals surface area contributed by atoms with Gasteiger partial charge < -0.3 is 21.8 Å². The van der Waals surface area contributed by atoms with E-state index in [2.05, 4.69) is 26.6 Å². The molecule has 5 N–H and O–H groups in total. The van der Waals surface area contributed by atoms with Gasteiger partial charge in [-0.1, -0.05) is 6.07 Å². The highest BCUT2D eigenvalue weighted by molar-refractivity contribution is 9.12. The summed E-state index contributed by atoms with van der Waals surface area (Å²) in [6.07, 6.45) is -4.11. The average molecular weight is 425 g/mol. The molecule has 0 spiro atoms. The molecule has 2 amide bonds. The fourth-order valence-electron chi connectivity index (χ4n) is 1.60. The molecule has 0 aliphatic carbocycles.